The first-order valence-corrected chi connectivity index (χ1v) is 11.1. The van der Waals surface area contributed by atoms with Crippen LogP contribution in [0.1, 0.15) is 17.9 Å². The number of furan rings is 2. The first-order chi connectivity index (χ1) is 18.8. The summed E-state index contributed by atoms with van der Waals surface area (Å²) in [5.41, 5.74) is 5.55. The molecule has 196 valence electrons. The van der Waals surface area contributed by atoms with Crippen molar-refractivity contribution in [1.82, 2.24) is 10.9 Å². The summed E-state index contributed by atoms with van der Waals surface area (Å²) in [4.78, 5) is 44.4. The standard InChI is InChI=1S/C25H18N6O8/c32-24(28-26-14-20-9-11-22(38-20)16-1-5-18(6-2-16)30(34)35)13-25(33)29-27-15-21-10-12-23(39-21)17-3-7-19(8-4-17)31(36)37/h1-12,14-15H,13H2,(H,28,32)(H,29,33). The molecule has 0 unspecified atom stereocenters. The molecule has 0 aliphatic heterocycles. The van der Waals surface area contributed by atoms with Crippen molar-refractivity contribution in [2.75, 3.05) is 0 Å². The second kappa shape index (κ2) is 11.9. The maximum Gasteiger partial charge on any atom is 0.269 e. The summed E-state index contributed by atoms with van der Waals surface area (Å²) < 4.78 is 11.1. The van der Waals surface area contributed by atoms with Crippen molar-refractivity contribution in [3.63, 3.8) is 0 Å². The molecule has 0 saturated carbocycles. The van der Waals surface area contributed by atoms with Crippen molar-refractivity contribution >= 4 is 35.6 Å². The molecule has 14 heteroatoms. The van der Waals surface area contributed by atoms with Gasteiger partial charge in [0.25, 0.3) is 11.4 Å². The molecule has 0 atom stereocenters. The molecule has 2 N–H and O–H groups in total. The highest BCUT2D eigenvalue weighted by atomic mass is 16.6. The molecule has 4 rings (SSSR count). The highest BCUT2D eigenvalue weighted by Gasteiger charge is 2.11. The van der Waals surface area contributed by atoms with E-state index >= 15 is 0 Å². The van der Waals surface area contributed by atoms with Crippen molar-refractivity contribution in [2.24, 2.45) is 10.2 Å². The third-order valence-electron chi connectivity index (χ3n) is 5.06. The summed E-state index contributed by atoms with van der Waals surface area (Å²) in [6.45, 7) is 0. The smallest absolute Gasteiger partial charge is 0.269 e. The van der Waals surface area contributed by atoms with Gasteiger partial charge in [-0.25, -0.2) is 10.9 Å². The molecule has 0 aliphatic carbocycles. The van der Waals surface area contributed by atoms with Crippen molar-refractivity contribution < 1.29 is 28.3 Å². The van der Waals surface area contributed by atoms with E-state index in [-0.39, 0.29) is 11.4 Å². The summed E-state index contributed by atoms with van der Waals surface area (Å²) in [5, 5.41) is 29.0. The predicted molar refractivity (Wildman–Crippen MR) is 138 cm³/mol. The number of nitro benzene ring substituents is 2. The Morgan fingerprint density at radius 2 is 1.05 bits per heavy atom. The molecule has 0 aliphatic rings. The van der Waals surface area contributed by atoms with Crippen LogP contribution in [0, 0.1) is 20.2 Å². The number of hydrazone groups is 2. The molecule has 0 fully saturated rings. The van der Waals surface area contributed by atoms with Gasteiger partial charge in [-0.05, 0) is 48.5 Å². The Balaban J connectivity index is 1.22. The number of nitro groups is 2. The van der Waals surface area contributed by atoms with Gasteiger partial charge in [0, 0.05) is 35.4 Å². The van der Waals surface area contributed by atoms with Gasteiger partial charge in [0.2, 0.25) is 11.8 Å². The summed E-state index contributed by atoms with van der Waals surface area (Å²) in [6, 6.07) is 18.1. The zero-order valence-electron chi connectivity index (χ0n) is 19.8. The minimum absolute atomic E-state index is 0.0423. The summed E-state index contributed by atoms with van der Waals surface area (Å²) in [5.74, 6) is 0.130. The molecule has 39 heavy (non-hydrogen) atoms. The molecule has 2 aromatic carbocycles. The molecule has 0 saturated heterocycles. The fourth-order valence-electron chi connectivity index (χ4n) is 3.21. The van der Waals surface area contributed by atoms with Gasteiger partial charge in [0.15, 0.2) is 0 Å². The van der Waals surface area contributed by atoms with E-state index in [2.05, 4.69) is 21.1 Å². The topological polar surface area (TPSA) is 195 Å². The molecular formula is C25H18N6O8. The molecule has 14 nitrogen and oxygen atoms in total. The quantitative estimate of drug-likeness (QED) is 0.133. The van der Waals surface area contributed by atoms with Gasteiger partial charge in [-0.15, -0.1) is 0 Å². The number of carbonyl (C=O) groups is 2. The van der Waals surface area contributed by atoms with E-state index in [0.29, 0.717) is 34.2 Å². The molecule has 0 radical (unpaired) electrons. The van der Waals surface area contributed by atoms with E-state index in [1.54, 1.807) is 48.5 Å². The number of nitrogens with zero attached hydrogens (tertiary/aromatic N) is 4. The van der Waals surface area contributed by atoms with Gasteiger partial charge < -0.3 is 8.83 Å². The monoisotopic (exact) mass is 530 g/mol. The minimum atomic E-state index is -0.695. The van der Waals surface area contributed by atoms with Crippen molar-refractivity contribution in [1.29, 1.82) is 0 Å². The number of hydrogen-bond donors (Lipinski definition) is 2. The second-order valence-electron chi connectivity index (χ2n) is 7.78. The fourth-order valence-corrected chi connectivity index (χ4v) is 3.21. The summed E-state index contributed by atoms with van der Waals surface area (Å²) in [6.07, 6.45) is 1.93. The zero-order chi connectivity index (χ0) is 27.8. The van der Waals surface area contributed by atoms with Crippen molar-refractivity contribution in [2.45, 2.75) is 6.42 Å². The van der Waals surface area contributed by atoms with E-state index < -0.39 is 28.1 Å². The van der Waals surface area contributed by atoms with Crippen LogP contribution in [-0.4, -0.2) is 34.1 Å². The van der Waals surface area contributed by atoms with Crippen LogP contribution in [0.4, 0.5) is 11.4 Å². The summed E-state index contributed by atoms with van der Waals surface area (Å²) >= 11 is 0. The van der Waals surface area contributed by atoms with Crippen LogP contribution >= 0.6 is 0 Å². The second-order valence-corrected chi connectivity index (χ2v) is 7.78. The van der Waals surface area contributed by atoms with Gasteiger partial charge in [0.05, 0.1) is 22.3 Å². The summed E-state index contributed by atoms with van der Waals surface area (Å²) in [7, 11) is 0. The number of amides is 2. The highest BCUT2D eigenvalue weighted by molar-refractivity contribution is 5.97. The lowest BCUT2D eigenvalue weighted by Gasteiger charge is -1.99. The predicted octanol–water partition coefficient (Wildman–Crippen LogP) is 4.01. The fraction of sp³-hybridized carbons (Fsp3) is 0.0400. The molecule has 0 spiro atoms. The van der Waals surface area contributed by atoms with Crippen molar-refractivity contribution in [3.05, 3.63) is 105 Å². The SMILES string of the molecule is O=C(CC(=O)NN=Cc1ccc(-c2ccc([N+](=O)[O-])cc2)o1)NN=Cc1ccc(-c2ccc([N+](=O)[O-])cc2)o1. The van der Waals surface area contributed by atoms with Crippen LogP contribution in [0.15, 0.2) is 91.8 Å². The minimum Gasteiger partial charge on any atom is -0.455 e. The van der Waals surface area contributed by atoms with E-state index in [4.69, 9.17) is 8.83 Å². The van der Waals surface area contributed by atoms with Gasteiger partial charge >= 0.3 is 0 Å². The Labute approximate surface area is 218 Å². The van der Waals surface area contributed by atoms with E-state index in [9.17, 15) is 29.8 Å². The molecule has 2 heterocycles. The van der Waals surface area contributed by atoms with Crippen LogP contribution in [0.3, 0.4) is 0 Å². The lowest BCUT2D eigenvalue weighted by Crippen LogP contribution is -2.27. The molecular weight excluding hydrogens is 512 g/mol. The lowest BCUT2D eigenvalue weighted by molar-refractivity contribution is -0.385. The third-order valence-corrected chi connectivity index (χ3v) is 5.06. The number of nitrogens with one attached hydrogen (secondary N) is 2. The lowest BCUT2D eigenvalue weighted by atomic mass is 10.1. The number of carbonyl (C=O) groups excluding carboxylic acids is 2. The third kappa shape index (κ3) is 7.07. The Hall–Kier alpha value is -5.92. The van der Waals surface area contributed by atoms with Gasteiger partial charge in [-0.2, -0.15) is 10.2 Å². The van der Waals surface area contributed by atoms with Crippen LogP contribution < -0.4 is 10.9 Å². The highest BCUT2D eigenvalue weighted by Crippen LogP contribution is 2.25. The number of non-ortho nitro benzene ring substituents is 2. The average Bonchev–Trinajstić information content (AvgIpc) is 3.59. The molecule has 0 bridgehead atoms. The number of benzene rings is 2. The zero-order valence-corrected chi connectivity index (χ0v) is 19.8. The molecule has 2 amide bonds. The number of hydrogen-bond acceptors (Lipinski definition) is 10. The Kier molecular flexibility index (Phi) is 7.96. The van der Waals surface area contributed by atoms with E-state index in [0.717, 1.165) is 0 Å². The van der Waals surface area contributed by atoms with Crippen molar-refractivity contribution in [3.8, 4) is 22.6 Å². The van der Waals surface area contributed by atoms with E-state index in [1.807, 2.05) is 0 Å². The Morgan fingerprint density at radius 1 is 0.667 bits per heavy atom. The average molecular weight is 530 g/mol. The normalized spacial score (nSPS) is 11.1. The van der Waals surface area contributed by atoms with Gasteiger partial charge in [0.1, 0.15) is 29.5 Å². The molecule has 2 aromatic heterocycles. The Morgan fingerprint density at radius 3 is 1.41 bits per heavy atom. The number of rotatable bonds is 10. The maximum absolute atomic E-state index is 11.9. The molecule has 4 aromatic rings. The maximum atomic E-state index is 11.9. The van der Waals surface area contributed by atoms with Gasteiger partial charge in [-0.3, -0.25) is 29.8 Å². The largest absolute Gasteiger partial charge is 0.455 e. The first kappa shape index (κ1) is 26.2. The van der Waals surface area contributed by atoms with Crippen LogP contribution in [-0.2, 0) is 9.59 Å². The first-order valence-electron chi connectivity index (χ1n) is 11.1. The van der Waals surface area contributed by atoms with Crippen LogP contribution in [0.5, 0.6) is 0 Å². The Bertz CT molecular complexity index is 1450. The van der Waals surface area contributed by atoms with Gasteiger partial charge in [-0.1, -0.05) is 0 Å². The van der Waals surface area contributed by atoms with Crippen LogP contribution in [0.2, 0.25) is 0 Å². The van der Waals surface area contributed by atoms with E-state index in [1.165, 1.54) is 36.7 Å². The van der Waals surface area contributed by atoms with Crippen LogP contribution in [0.25, 0.3) is 22.6 Å².